The average molecular weight is 549 g/mol. The molecule has 11 nitrogen and oxygen atoms in total. The minimum Gasteiger partial charge on any atom is -0.368 e. The highest BCUT2D eigenvalue weighted by Gasteiger charge is 2.26. The van der Waals surface area contributed by atoms with E-state index in [0.717, 1.165) is 43.2 Å². The Morgan fingerprint density at radius 3 is 2.46 bits per heavy atom. The van der Waals surface area contributed by atoms with Crippen molar-refractivity contribution in [1.82, 2.24) is 29.7 Å². The maximum absolute atomic E-state index is 13.4. The van der Waals surface area contributed by atoms with E-state index < -0.39 is 0 Å². The normalized spacial score (nSPS) is 16.4. The number of benzene rings is 1. The van der Waals surface area contributed by atoms with Crippen molar-refractivity contribution in [3.63, 3.8) is 0 Å². The largest absolute Gasteiger partial charge is 0.368 e. The lowest BCUT2D eigenvalue weighted by atomic mass is 10.1. The number of carbonyl (C=O) groups is 3. The molecule has 0 unspecified atom stereocenters. The van der Waals surface area contributed by atoms with Crippen molar-refractivity contribution in [3.8, 4) is 0 Å². The van der Waals surface area contributed by atoms with E-state index in [1.807, 2.05) is 21.9 Å². The topological polar surface area (TPSA) is 124 Å². The van der Waals surface area contributed by atoms with Crippen LogP contribution in [0.15, 0.2) is 42.7 Å². The Labute approximate surface area is 231 Å². The number of carbonyl (C=O) groups excluding carboxylic acids is 3. The smallest absolute Gasteiger partial charge is 0.267 e. The van der Waals surface area contributed by atoms with Gasteiger partial charge < -0.3 is 25.3 Å². The predicted octanol–water partition coefficient (Wildman–Crippen LogP) is 2.28. The van der Waals surface area contributed by atoms with Crippen LogP contribution in [0.2, 0.25) is 0 Å². The van der Waals surface area contributed by atoms with Gasteiger partial charge >= 0.3 is 0 Å². The van der Waals surface area contributed by atoms with Gasteiger partial charge in [-0.05, 0) is 68.2 Å². The molecule has 2 fully saturated rings. The SMILES string of the molecule is Cc1nnsc1C(=O)N1CCCN(c2ccc(C(=O)N3CCCNCC3)cc2NC(=O)c2ccncc2)CC1. The Balaban J connectivity index is 1.39. The molecule has 1 aromatic carbocycles. The Kier molecular flexibility index (Phi) is 8.42. The molecular weight excluding hydrogens is 516 g/mol. The predicted molar refractivity (Wildman–Crippen MR) is 149 cm³/mol. The van der Waals surface area contributed by atoms with E-state index in [1.54, 1.807) is 37.5 Å². The van der Waals surface area contributed by atoms with Gasteiger partial charge in [0.25, 0.3) is 17.7 Å². The lowest BCUT2D eigenvalue weighted by Gasteiger charge is -2.27. The molecule has 204 valence electrons. The summed E-state index contributed by atoms with van der Waals surface area (Å²) in [5, 5.41) is 10.3. The molecule has 12 heteroatoms. The Bertz CT molecular complexity index is 1320. The molecule has 0 aliphatic carbocycles. The number of anilines is 2. The maximum Gasteiger partial charge on any atom is 0.267 e. The van der Waals surface area contributed by atoms with Crippen molar-refractivity contribution in [2.45, 2.75) is 19.8 Å². The van der Waals surface area contributed by atoms with E-state index in [2.05, 4.69) is 30.1 Å². The van der Waals surface area contributed by atoms with Crippen LogP contribution in [-0.4, -0.2) is 94.5 Å². The zero-order chi connectivity index (χ0) is 27.2. The van der Waals surface area contributed by atoms with Gasteiger partial charge in [0, 0.05) is 69.3 Å². The Morgan fingerprint density at radius 2 is 1.67 bits per heavy atom. The van der Waals surface area contributed by atoms with Crippen LogP contribution in [0.25, 0.3) is 0 Å². The summed E-state index contributed by atoms with van der Waals surface area (Å²) in [5.74, 6) is -0.378. The van der Waals surface area contributed by atoms with Crippen LogP contribution in [0.1, 0.15) is 48.9 Å². The summed E-state index contributed by atoms with van der Waals surface area (Å²) in [5.41, 5.74) is 3.04. The number of hydrogen-bond donors (Lipinski definition) is 2. The first-order valence-electron chi connectivity index (χ1n) is 13.2. The molecule has 3 amide bonds. The van der Waals surface area contributed by atoms with Crippen molar-refractivity contribution >= 4 is 40.6 Å². The summed E-state index contributed by atoms with van der Waals surface area (Å²) in [6, 6.07) is 8.81. The fourth-order valence-corrected chi connectivity index (χ4v) is 5.53. The van der Waals surface area contributed by atoms with Crippen LogP contribution < -0.4 is 15.5 Å². The minimum absolute atomic E-state index is 0.0502. The van der Waals surface area contributed by atoms with Crippen LogP contribution in [-0.2, 0) is 0 Å². The molecule has 3 aromatic rings. The summed E-state index contributed by atoms with van der Waals surface area (Å²) in [6.45, 7) is 7.21. The quantitative estimate of drug-likeness (QED) is 0.498. The third kappa shape index (κ3) is 6.23. The summed E-state index contributed by atoms with van der Waals surface area (Å²) >= 11 is 1.12. The summed E-state index contributed by atoms with van der Waals surface area (Å²) in [4.78, 5) is 50.0. The highest BCUT2D eigenvalue weighted by molar-refractivity contribution is 7.07. The fraction of sp³-hybridized carbons (Fsp3) is 0.407. The van der Waals surface area contributed by atoms with E-state index in [1.165, 1.54) is 0 Å². The molecule has 2 aliphatic rings. The summed E-state index contributed by atoms with van der Waals surface area (Å²) in [6.07, 6.45) is 4.81. The maximum atomic E-state index is 13.4. The van der Waals surface area contributed by atoms with Gasteiger partial charge in [-0.25, -0.2) is 0 Å². The van der Waals surface area contributed by atoms with E-state index in [-0.39, 0.29) is 17.7 Å². The van der Waals surface area contributed by atoms with Crippen LogP contribution in [0, 0.1) is 6.92 Å². The molecule has 0 atom stereocenters. The van der Waals surface area contributed by atoms with E-state index >= 15 is 0 Å². The van der Waals surface area contributed by atoms with Crippen molar-refractivity contribution in [3.05, 3.63) is 64.4 Å². The van der Waals surface area contributed by atoms with Gasteiger partial charge in [0.2, 0.25) is 0 Å². The number of aromatic nitrogens is 3. The third-order valence-corrected chi connectivity index (χ3v) is 7.85. The first-order chi connectivity index (χ1) is 19.0. The van der Waals surface area contributed by atoms with Crippen molar-refractivity contribution in [1.29, 1.82) is 0 Å². The number of nitrogens with zero attached hydrogens (tertiary/aromatic N) is 6. The van der Waals surface area contributed by atoms with Gasteiger partial charge in [0.05, 0.1) is 17.1 Å². The van der Waals surface area contributed by atoms with Gasteiger partial charge in [0.15, 0.2) is 0 Å². The number of nitrogens with one attached hydrogen (secondary N) is 2. The van der Waals surface area contributed by atoms with Gasteiger partial charge in [-0.3, -0.25) is 19.4 Å². The zero-order valence-electron chi connectivity index (χ0n) is 21.9. The molecule has 2 saturated heterocycles. The molecule has 2 aliphatic heterocycles. The Morgan fingerprint density at radius 1 is 0.872 bits per heavy atom. The number of aryl methyl sites for hydroxylation is 1. The lowest BCUT2D eigenvalue weighted by Crippen LogP contribution is -2.35. The zero-order valence-corrected chi connectivity index (χ0v) is 22.7. The number of amides is 3. The van der Waals surface area contributed by atoms with E-state index in [9.17, 15) is 14.4 Å². The molecule has 0 saturated carbocycles. The summed E-state index contributed by atoms with van der Waals surface area (Å²) in [7, 11) is 0. The molecule has 4 heterocycles. The molecule has 0 radical (unpaired) electrons. The molecule has 2 aromatic heterocycles. The highest BCUT2D eigenvalue weighted by Crippen LogP contribution is 2.30. The number of rotatable bonds is 5. The van der Waals surface area contributed by atoms with Gasteiger partial charge in [-0.2, -0.15) is 0 Å². The molecule has 5 rings (SSSR count). The van der Waals surface area contributed by atoms with E-state index in [0.29, 0.717) is 66.7 Å². The first-order valence-corrected chi connectivity index (χ1v) is 14.0. The van der Waals surface area contributed by atoms with Gasteiger partial charge in [-0.15, -0.1) is 5.10 Å². The lowest BCUT2D eigenvalue weighted by molar-refractivity contribution is 0.0760. The fourth-order valence-electron chi connectivity index (χ4n) is 4.91. The van der Waals surface area contributed by atoms with Crippen LogP contribution in [0.4, 0.5) is 11.4 Å². The highest BCUT2D eigenvalue weighted by atomic mass is 32.1. The van der Waals surface area contributed by atoms with Gasteiger partial charge in [0.1, 0.15) is 4.88 Å². The minimum atomic E-state index is -0.276. The second-order valence-corrected chi connectivity index (χ2v) is 10.4. The average Bonchev–Trinajstić information content (AvgIpc) is 3.15. The van der Waals surface area contributed by atoms with E-state index in [4.69, 9.17) is 0 Å². The number of pyridine rings is 1. The molecule has 2 N–H and O–H groups in total. The second-order valence-electron chi connectivity index (χ2n) is 9.64. The Hall–Kier alpha value is -3.90. The van der Waals surface area contributed by atoms with Gasteiger partial charge in [-0.1, -0.05) is 4.49 Å². The molecule has 0 spiro atoms. The molecular formula is C27H32N8O3S. The first kappa shape index (κ1) is 26.7. The number of hydrogen-bond acceptors (Lipinski definition) is 9. The second kappa shape index (κ2) is 12.3. The molecule has 0 bridgehead atoms. The third-order valence-electron chi connectivity index (χ3n) is 7.03. The monoisotopic (exact) mass is 548 g/mol. The van der Waals surface area contributed by atoms with Crippen molar-refractivity contribution < 1.29 is 14.4 Å². The van der Waals surface area contributed by atoms with Crippen LogP contribution >= 0.6 is 11.5 Å². The van der Waals surface area contributed by atoms with Crippen molar-refractivity contribution in [2.24, 2.45) is 0 Å². The van der Waals surface area contributed by atoms with Crippen LogP contribution in [0.3, 0.4) is 0 Å². The van der Waals surface area contributed by atoms with Crippen LogP contribution in [0.5, 0.6) is 0 Å². The standard InChI is InChI=1S/C27H32N8O3S/c1-19-24(39-32-31-19)27(38)35-14-3-13-33(16-17-35)23-5-4-21(26(37)34-12-2-8-28-11-15-34)18-22(23)30-25(36)20-6-9-29-10-7-20/h4-7,9-10,18,28H,2-3,8,11-17H2,1H3,(H,30,36). The molecule has 39 heavy (non-hydrogen) atoms. The summed E-state index contributed by atoms with van der Waals surface area (Å²) < 4.78 is 3.90. The van der Waals surface area contributed by atoms with Crippen molar-refractivity contribution in [2.75, 3.05) is 62.6 Å².